The van der Waals surface area contributed by atoms with Crippen molar-refractivity contribution in [3.05, 3.63) is 0 Å². The van der Waals surface area contributed by atoms with Crippen molar-refractivity contribution in [2.24, 2.45) is 5.73 Å². The van der Waals surface area contributed by atoms with Gasteiger partial charge in [-0.1, -0.05) is 0 Å². The molecular formula is C12H23AsN3O6S. The van der Waals surface area contributed by atoms with Crippen molar-refractivity contribution in [1.82, 2.24) is 10.6 Å². The molecule has 2 atom stereocenters. The number of thiol groups is 1. The van der Waals surface area contributed by atoms with E-state index in [0.717, 1.165) is 0 Å². The minimum absolute atomic E-state index is 0.0256. The van der Waals surface area contributed by atoms with Gasteiger partial charge >= 0.3 is 39.1 Å². The Morgan fingerprint density at radius 2 is 1.74 bits per heavy atom. The predicted molar refractivity (Wildman–Crippen MR) is 88.8 cm³/mol. The quantitative estimate of drug-likeness (QED) is 0.200. The molecule has 0 bridgehead atoms. The van der Waals surface area contributed by atoms with Crippen molar-refractivity contribution in [2.75, 3.05) is 12.3 Å². The first-order valence-electron chi connectivity index (χ1n) is 6.55. The van der Waals surface area contributed by atoms with Crippen LogP contribution in [0.3, 0.4) is 0 Å². The van der Waals surface area contributed by atoms with E-state index < -0.39 is 42.4 Å². The zero-order valence-electron chi connectivity index (χ0n) is 13.0. The van der Waals surface area contributed by atoms with Gasteiger partial charge in [-0.2, -0.15) is 12.6 Å². The molecule has 0 aromatic heterocycles. The molecule has 0 aliphatic rings. The number of rotatable bonds is 9. The number of amides is 2. The number of aliphatic carboxylic acids is 2. The Morgan fingerprint density at radius 1 is 1.22 bits per heavy atom. The number of hydrogen-bond acceptors (Lipinski definition) is 6. The fraction of sp³-hybridized carbons (Fsp3) is 0.667. The first-order valence-corrected chi connectivity index (χ1v) is 10.9. The average molecular weight is 412 g/mol. The Kier molecular flexibility index (Phi) is 15.0. The van der Waals surface area contributed by atoms with Gasteiger partial charge in [0.2, 0.25) is 11.8 Å². The van der Waals surface area contributed by atoms with Crippen LogP contribution in [0.1, 0.15) is 12.8 Å². The molecule has 0 heterocycles. The van der Waals surface area contributed by atoms with Crippen molar-refractivity contribution in [1.29, 1.82) is 0 Å². The van der Waals surface area contributed by atoms with Crippen LogP contribution in [-0.4, -0.2) is 74.1 Å². The summed E-state index contributed by atoms with van der Waals surface area (Å²) in [6, 6.07) is -2.15. The molecule has 0 saturated heterocycles. The van der Waals surface area contributed by atoms with Gasteiger partial charge in [0.15, 0.2) is 0 Å². The number of nitrogens with one attached hydrogen (secondary N) is 2. The summed E-state index contributed by atoms with van der Waals surface area (Å²) in [6.07, 6.45) is -0.235. The standard InChI is InChI=1S/C10H17N3O6S.C2H6As/c11-5(10(18)19)1-2-7(14)13-6(4-20)9(17)12-3-8(15)16;1-3-2/h5-6,20H,1-4,11H2,(H,12,17)(H,13,14)(H,15,16)(H,18,19);1-2H3/t5-,6-;/m0./s1. The van der Waals surface area contributed by atoms with Crippen LogP contribution in [0.2, 0.25) is 11.4 Å². The van der Waals surface area contributed by atoms with E-state index in [0.29, 0.717) is 15.8 Å². The Hall–Kier alpha value is -1.25. The smallest absolute Gasteiger partial charge is 0.322 e. The summed E-state index contributed by atoms with van der Waals surface area (Å²) in [5.74, 6) is -3.70. The first kappa shape index (κ1) is 24.0. The van der Waals surface area contributed by atoms with Crippen LogP contribution in [0.5, 0.6) is 0 Å². The summed E-state index contributed by atoms with van der Waals surface area (Å²) >= 11 is 4.56. The normalized spacial score (nSPS) is 12.2. The third-order valence-electron chi connectivity index (χ3n) is 2.25. The van der Waals surface area contributed by atoms with E-state index in [4.69, 9.17) is 15.9 Å². The second-order valence-corrected chi connectivity index (χ2v) is 6.59. The third kappa shape index (κ3) is 14.1. The van der Waals surface area contributed by atoms with Crippen LogP contribution in [0.25, 0.3) is 0 Å². The number of carbonyl (C=O) groups excluding carboxylic acids is 2. The van der Waals surface area contributed by atoms with Gasteiger partial charge in [-0.05, 0) is 6.42 Å². The van der Waals surface area contributed by atoms with Crippen LogP contribution >= 0.6 is 12.6 Å². The minimum Gasteiger partial charge on any atom is -0.480 e. The van der Waals surface area contributed by atoms with E-state index in [1.54, 1.807) is 0 Å². The molecule has 0 rings (SSSR count). The molecule has 11 heteroatoms. The summed E-state index contributed by atoms with van der Waals surface area (Å²) in [6.45, 7) is -0.567. The maximum Gasteiger partial charge on any atom is 0.322 e. The Morgan fingerprint density at radius 3 is 2.13 bits per heavy atom. The SMILES string of the molecule is C[As]C.N[C@@H](CCC(=O)N[C@@H](CS)C(=O)NCC(=O)O)C(=O)O. The number of hydrogen-bond donors (Lipinski definition) is 6. The van der Waals surface area contributed by atoms with Crippen molar-refractivity contribution in [3.63, 3.8) is 0 Å². The van der Waals surface area contributed by atoms with Crippen LogP contribution < -0.4 is 16.4 Å². The number of nitrogens with two attached hydrogens (primary N) is 1. The zero-order chi connectivity index (χ0) is 18.4. The Balaban J connectivity index is 0. The van der Waals surface area contributed by atoms with Crippen LogP contribution in [0.15, 0.2) is 0 Å². The van der Waals surface area contributed by atoms with E-state index in [1.165, 1.54) is 0 Å². The average Bonchev–Trinajstić information content (AvgIpc) is 2.48. The van der Waals surface area contributed by atoms with Crippen LogP contribution in [0, 0.1) is 0 Å². The summed E-state index contributed by atoms with van der Waals surface area (Å²) in [7, 11) is 0. The molecule has 1 radical (unpaired) electrons. The van der Waals surface area contributed by atoms with E-state index in [9.17, 15) is 19.2 Å². The maximum atomic E-state index is 11.5. The number of carboxylic acid groups (broad SMARTS) is 2. The van der Waals surface area contributed by atoms with Crippen molar-refractivity contribution in [2.45, 2.75) is 36.3 Å². The summed E-state index contributed by atoms with van der Waals surface area (Å²) < 4.78 is 0. The monoisotopic (exact) mass is 412 g/mol. The molecule has 0 aliphatic heterocycles. The van der Waals surface area contributed by atoms with E-state index >= 15 is 0 Å². The molecule has 0 saturated carbocycles. The Bertz CT molecular complexity index is 410. The van der Waals surface area contributed by atoms with Crippen LogP contribution in [0.4, 0.5) is 0 Å². The molecule has 0 fully saturated rings. The molecule has 23 heavy (non-hydrogen) atoms. The molecule has 0 aromatic rings. The van der Waals surface area contributed by atoms with Crippen molar-refractivity contribution in [3.8, 4) is 0 Å². The summed E-state index contributed by atoms with van der Waals surface area (Å²) in [4.78, 5) is 43.7. The van der Waals surface area contributed by atoms with Gasteiger partial charge in [-0.3, -0.25) is 19.2 Å². The van der Waals surface area contributed by atoms with Gasteiger partial charge in [-0.25, -0.2) is 0 Å². The predicted octanol–water partition coefficient (Wildman–Crippen LogP) is -1.42. The van der Waals surface area contributed by atoms with Gasteiger partial charge in [0.1, 0.15) is 18.6 Å². The molecule has 6 N–H and O–H groups in total. The molecule has 9 nitrogen and oxygen atoms in total. The van der Waals surface area contributed by atoms with E-state index in [2.05, 4.69) is 34.7 Å². The largest absolute Gasteiger partial charge is 0.480 e. The topological polar surface area (TPSA) is 159 Å². The fourth-order valence-electron chi connectivity index (χ4n) is 1.16. The number of carbonyl (C=O) groups is 4. The zero-order valence-corrected chi connectivity index (χ0v) is 15.8. The molecular weight excluding hydrogens is 389 g/mol. The second kappa shape index (κ2) is 14.3. The molecule has 0 aliphatic carbocycles. The second-order valence-electron chi connectivity index (χ2n) is 4.34. The Labute approximate surface area is 146 Å². The summed E-state index contributed by atoms with van der Waals surface area (Å²) in [5, 5.41) is 21.4. The number of carboxylic acids is 2. The van der Waals surface area contributed by atoms with Crippen molar-refractivity contribution >= 4 is 52.1 Å². The van der Waals surface area contributed by atoms with Gasteiger partial charge < -0.3 is 26.6 Å². The molecule has 133 valence electrons. The van der Waals surface area contributed by atoms with Gasteiger partial charge in [0.05, 0.1) is 0 Å². The minimum atomic E-state index is -1.22. The summed E-state index contributed by atoms with van der Waals surface area (Å²) in [5.41, 5.74) is 9.67. The van der Waals surface area contributed by atoms with Gasteiger partial charge in [0, 0.05) is 12.2 Å². The van der Waals surface area contributed by atoms with Crippen molar-refractivity contribution < 1.29 is 29.4 Å². The van der Waals surface area contributed by atoms with Gasteiger partial charge in [-0.15, -0.1) is 0 Å². The fourth-order valence-corrected chi connectivity index (χ4v) is 1.41. The van der Waals surface area contributed by atoms with Gasteiger partial charge in [0.25, 0.3) is 0 Å². The molecule has 2 amide bonds. The molecule has 0 spiro atoms. The first-order chi connectivity index (χ1) is 10.7. The van der Waals surface area contributed by atoms with E-state index in [-0.39, 0.29) is 18.6 Å². The van der Waals surface area contributed by atoms with E-state index in [1.807, 2.05) is 0 Å². The van der Waals surface area contributed by atoms with Crippen LogP contribution in [-0.2, 0) is 19.2 Å². The maximum absolute atomic E-state index is 11.5. The molecule has 0 unspecified atom stereocenters. The molecule has 0 aromatic carbocycles. The third-order valence-corrected chi connectivity index (χ3v) is 2.61.